The molecule has 0 fully saturated rings. The van der Waals surface area contributed by atoms with Gasteiger partial charge in [0.25, 0.3) is 0 Å². The minimum atomic E-state index is -0.957. The van der Waals surface area contributed by atoms with Crippen LogP contribution in [0.25, 0.3) is 11.3 Å². The molecule has 0 unspecified atom stereocenters. The summed E-state index contributed by atoms with van der Waals surface area (Å²) in [5.74, 6) is -1.99. The number of rotatable bonds is 7. The lowest BCUT2D eigenvalue weighted by molar-refractivity contribution is -0.137. The highest BCUT2D eigenvalue weighted by molar-refractivity contribution is 8.01. The van der Waals surface area contributed by atoms with Gasteiger partial charge in [-0.25, -0.2) is 4.39 Å². The molecule has 0 bridgehead atoms. The molecule has 3 N–H and O–H groups in total. The van der Waals surface area contributed by atoms with Crippen LogP contribution in [0.3, 0.4) is 0 Å². The summed E-state index contributed by atoms with van der Waals surface area (Å²) >= 11 is 1.33. The number of carboxylic acid groups (broad SMARTS) is 1. The van der Waals surface area contributed by atoms with Gasteiger partial charge in [0, 0.05) is 29.0 Å². The van der Waals surface area contributed by atoms with Crippen LogP contribution in [0.4, 0.5) is 10.1 Å². The average Bonchev–Trinajstić information content (AvgIpc) is 3.15. The number of aromatic nitrogens is 1. The van der Waals surface area contributed by atoms with Crippen molar-refractivity contribution in [1.29, 1.82) is 0 Å². The number of aryl methyl sites for hydroxylation is 1. The fourth-order valence-electron chi connectivity index (χ4n) is 3.45. The molecular formula is C23H20FN3O4S. The predicted octanol–water partition coefficient (Wildman–Crippen LogP) is 3.88. The Morgan fingerprint density at radius 1 is 1.09 bits per heavy atom. The van der Waals surface area contributed by atoms with Crippen LogP contribution in [0, 0.1) is 5.82 Å². The molecule has 0 radical (unpaired) electrons. The second-order valence-electron chi connectivity index (χ2n) is 7.28. The highest BCUT2D eigenvalue weighted by atomic mass is 32.2. The Morgan fingerprint density at radius 2 is 1.84 bits per heavy atom. The van der Waals surface area contributed by atoms with Gasteiger partial charge in [-0.3, -0.25) is 24.5 Å². The Morgan fingerprint density at radius 3 is 2.59 bits per heavy atom. The Kier molecular flexibility index (Phi) is 6.27. The fraction of sp³-hybridized carbons (Fsp3) is 0.174. The molecule has 1 aliphatic heterocycles. The first kappa shape index (κ1) is 21.6. The highest BCUT2D eigenvalue weighted by Gasteiger charge is 2.29. The second kappa shape index (κ2) is 9.27. The van der Waals surface area contributed by atoms with Gasteiger partial charge in [-0.2, -0.15) is 0 Å². The van der Waals surface area contributed by atoms with Gasteiger partial charge in [0.2, 0.25) is 11.8 Å². The third kappa shape index (κ3) is 4.83. The number of thioether (sulfide) groups is 1. The van der Waals surface area contributed by atoms with Gasteiger partial charge in [-0.15, -0.1) is 11.8 Å². The van der Waals surface area contributed by atoms with Crippen LogP contribution >= 0.6 is 11.8 Å². The number of fused-ring (bicyclic) bond motifs is 1. The molecule has 9 heteroatoms. The molecule has 2 aromatic carbocycles. The number of carbonyl (C=O) groups excluding carboxylic acids is 2. The number of para-hydroxylation sites is 1. The molecule has 4 rings (SSSR count). The minimum Gasteiger partial charge on any atom is -0.481 e. The van der Waals surface area contributed by atoms with Gasteiger partial charge in [-0.1, -0.05) is 12.1 Å². The van der Waals surface area contributed by atoms with Crippen molar-refractivity contribution in [2.75, 3.05) is 10.7 Å². The van der Waals surface area contributed by atoms with Crippen molar-refractivity contribution in [2.24, 2.45) is 0 Å². The van der Waals surface area contributed by atoms with Crippen LogP contribution in [-0.2, 0) is 20.8 Å². The quantitative estimate of drug-likeness (QED) is 0.504. The van der Waals surface area contributed by atoms with Crippen LogP contribution in [0.15, 0.2) is 65.6 Å². The number of hydrogen-bond acceptors (Lipinski definition) is 4. The van der Waals surface area contributed by atoms with Crippen molar-refractivity contribution >= 4 is 35.2 Å². The minimum absolute atomic E-state index is 0.0652. The summed E-state index contributed by atoms with van der Waals surface area (Å²) in [6, 6.07) is 16.6. The van der Waals surface area contributed by atoms with Crippen molar-refractivity contribution in [2.45, 2.75) is 29.4 Å². The summed E-state index contributed by atoms with van der Waals surface area (Å²) in [7, 11) is 0. The standard InChI is InChI=1S/C23H20FN3O4S/c24-15-7-5-14(6-8-15)18-11-9-16(10-12-22(29)30)27(18)26-21(28)13-20-23(31)25-17-3-1-2-4-19(17)32-20/h1-9,11,20H,10,12-13H2,(H,25,31)(H,26,28)(H,29,30)/t20-/m0/s1. The van der Waals surface area contributed by atoms with Gasteiger partial charge in [0.1, 0.15) is 5.82 Å². The van der Waals surface area contributed by atoms with Gasteiger partial charge >= 0.3 is 5.97 Å². The maximum Gasteiger partial charge on any atom is 0.303 e. The van der Waals surface area contributed by atoms with Crippen LogP contribution in [-0.4, -0.2) is 32.8 Å². The molecule has 1 atom stereocenters. The molecule has 1 aliphatic rings. The van der Waals surface area contributed by atoms with E-state index in [0.717, 1.165) is 10.6 Å². The molecule has 0 saturated heterocycles. The fourth-order valence-corrected chi connectivity index (χ4v) is 4.56. The molecule has 2 heterocycles. The van der Waals surface area contributed by atoms with E-state index in [-0.39, 0.29) is 31.0 Å². The number of benzene rings is 2. The van der Waals surface area contributed by atoms with Crippen molar-refractivity contribution in [1.82, 2.24) is 4.68 Å². The first-order valence-electron chi connectivity index (χ1n) is 9.95. The number of carbonyl (C=O) groups is 3. The summed E-state index contributed by atoms with van der Waals surface area (Å²) in [6.45, 7) is 0. The topological polar surface area (TPSA) is 100 Å². The zero-order valence-corrected chi connectivity index (χ0v) is 17.7. The van der Waals surface area contributed by atoms with Crippen molar-refractivity contribution < 1.29 is 23.9 Å². The van der Waals surface area contributed by atoms with Crippen LogP contribution < -0.4 is 10.7 Å². The van der Waals surface area contributed by atoms with Gasteiger partial charge in [0.15, 0.2) is 0 Å². The molecule has 0 aliphatic carbocycles. The Balaban J connectivity index is 1.54. The number of nitrogens with one attached hydrogen (secondary N) is 2. The molecule has 32 heavy (non-hydrogen) atoms. The largest absolute Gasteiger partial charge is 0.481 e. The van der Waals surface area contributed by atoms with E-state index in [9.17, 15) is 18.8 Å². The smallest absolute Gasteiger partial charge is 0.303 e. The number of nitrogens with zero attached hydrogens (tertiary/aromatic N) is 1. The summed E-state index contributed by atoms with van der Waals surface area (Å²) < 4.78 is 14.9. The summed E-state index contributed by atoms with van der Waals surface area (Å²) in [6.07, 6.45) is 0.0213. The maximum atomic E-state index is 13.3. The number of anilines is 1. The summed E-state index contributed by atoms with van der Waals surface area (Å²) in [5, 5.41) is 11.3. The molecule has 1 aromatic heterocycles. The first-order chi connectivity index (χ1) is 15.4. The van der Waals surface area contributed by atoms with E-state index in [1.54, 1.807) is 30.3 Å². The van der Waals surface area contributed by atoms with Gasteiger partial charge in [0.05, 0.1) is 23.1 Å². The van der Waals surface area contributed by atoms with E-state index < -0.39 is 17.1 Å². The normalized spacial score (nSPS) is 15.0. The number of carboxylic acids is 1. The molecule has 3 aromatic rings. The highest BCUT2D eigenvalue weighted by Crippen LogP contribution is 2.36. The van der Waals surface area contributed by atoms with E-state index in [4.69, 9.17) is 5.11 Å². The lowest BCUT2D eigenvalue weighted by atomic mass is 10.1. The molecule has 2 amide bonds. The van der Waals surface area contributed by atoms with E-state index in [1.807, 2.05) is 18.2 Å². The zero-order chi connectivity index (χ0) is 22.7. The van der Waals surface area contributed by atoms with E-state index in [2.05, 4.69) is 10.7 Å². The number of halogens is 1. The first-order valence-corrected chi connectivity index (χ1v) is 10.8. The Bertz CT molecular complexity index is 1180. The monoisotopic (exact) mass is 453 g/mol. The number of hydrogen-bond donors (Lipinski definition) is 3. The molecule has 0 saturated carbocycles. The van der Waals surface area contributed by atoms with E-state index in [1.165, 1.54) is 28.6 Å². The van der Waals surface area contributed by atoms with Crippen molar-refractivity contribution in [3.05, 3.63) is 72.2 Å². The predicted molar refractivity (Wildman–Crippen MR) is 119 cm³/mol. The number of aliphatic carboxylic acids is 1. The van der Waals surface area contributed by atoms with Crippen molar-refractivity contribution in [3.8, 4) is 11.3 Å². The van der Waals surface area contributed by atoms with Gasteiger partial charge < -0.3 is 10.4 Å². The number of amides is 2. The van der Waals surface area contributed by atoms with Gasteiger partial charge in [-0.05, 0) is 48.5 Å². The van der Waals surface area contributed by atoms with Crippen LogP contribution in [0.1, 0.15) is 18.5 Å². The molecule has 0 spiro atoms. The van der Waals surface area contributed by atoms with Crippen molar-refractivity contribution in [3.63, 3.8) is 0 Å². The Labute approximate surface area is 187 Å². The molecular weight excluding hydrogens is 433 g/mol. The molecule has 164 valence electrons. The SMILES string of the molecule is O=C(O)CCc1ccc(-c2ccc(F)cc2)n1NC(=O)C[C@@H]1Sc2ccccc2NC1=O. The van der Waals surface area contributed by atoms with E-state index in [0.29, 0.717) is 17.0 Å². The zero-order valence-electron chi connectivity index (χ0n) is 16.9. The summed E-state index contributed by atoms with van der Waals surface area (Å²) in [4.78, 5) is 37.2. The van der Waals surface area contributed by atoms with Crippen LogP contribution in [0.2, 0.25) is 0 Å². The van der Waals surface area contributed by atoms with Crippen LogP contribution in [0.5, 0.6) is 0 Å². The second-order valence-corrected chi connectivity index (χ2v) is 8.52. The lowest BCUT2D eigenvalue weighted by Gasteiger charge is -2.24. The lowest BCUT2D eigenvalue weighted by Crippen LogP contribution is -2.34. The average molecular weight is 453 g/mol. The third-order valence-corrected chi connectivity index (χ3v) is 6.29. The van der Waals surface area contributed by atoms with E-state index >= 15 is 0 Å². The summed E-state index contributed by atoms with van der Waals surface area (Å²) in [5.41, 5.74) is 5.34. The Hall–Kier alpha value is -3.59. The molecule has 7 nitrogen and oxygen atoms in total. The maximum absolute atomic E-state index is 13.3. The third-order valence-electron chi connectivity index (χ3n) is 5.01.